The summed E-state index contributed by atoms with van der Waals surface area (Å²) >= 11 is 0. The Kier molecular flexibility index (Phi) is 4.97. The maximum atomic E-state index is 12.3. The standard InChI is InChI=1S/C21H22N4O3/c1-14(21-23-17-8-2-3-9-18(17)24-21)22-19(26)13-28-16-7-4-6-15(12-16)25-11-5-10-20(25)27/h2-4,6-9,12,14H,5,10-11,13H2,1H3,(H,22,26)(H,23,24)/t14-/m0/s1. The van der Waals surface area contributed by atoms with Crippen molar-refractivity contribution in [2.75, 3.05) is 18.1 Å². The zero-order valence-electron chi connectivity index (χ0n) is 15.6. The summed E-state index contributed by atoms with van der Waals surface area (Å²) in [5.74, 6) is 1.14. The van der Waals surface area contributed by atoms with E-state index in [4.69, 9.17) is 4.74 Å². The molecular weight excluding hydrogens is 356 g/mol. The van der Waals surface area contributed by atoms with Crippen LogP contribution in [0.4, 0.5) is 5.69 Å². The molecule has 3 aromatic rings. The highest BCUT2D eigenvalue weighted by Gasteiger charge is 2.22. The van der Waals surface area contributed by atoms with Crippen molar-refractivity contribution in [1.82, 2.24) is 15.3 Å². The molecule has 2 N–H and O–H groups in total. The third-order valence-electron chi connectivity index (χ3n) is 4.77. The van der Waals surface area contributed by atoms with E-state index in [1.54, 1.807) is 17.0 Å². The summed E-state index contributed by atoms with van der Waals surface area (Å²) in [7, 11) is 0. The Bertz CT molecular complexity index is 981. The first-order chi connectivity index (χ1) is 13.6. The summed E-state index contributed by atoms with van der Waals surface area (Å²) in [4.78, 5) is 33.6. The number of hydrogen-bond donors (Lipinski definition) is 2. The number of hydrogen-bond acceptors (Lipinski definition) is 4. The highest BCUT2D eigenvalue weighted by Crippen LogP contribution is 2.25. The first-order valence-electron chi connectivity index (χ1n) is 9.37. The fourth-order valence-corrected chi connectivity index (χ4v) is 3.34. The average Bonchev–Trinajstić information content (AvgIpc) is 3.32. The van der Waals surface area contributed by atoms with Crippen molar-refractivity contribution < 1.29 is 14.3 Å². The van der Waals surface area contributed by atoms with Gasteiger partial charge in [0, 0.05) is 24.7 Å². The van der Waals surface area contributed by atoms with Gasteiger partial charge in [0.05, 0.1) is 17.1 Å². The predicted molar refractivity (Wildman–Crippen MR) is 106 cm³/mol. The molecule has 1 aromatic heterocycles. The van der Waals surface area contributed by atoms with Gasteiger partial charge in [-0.25, -0.2) is 4.98 Å². The van der Waals surface area contributed by atoms with Crippen molar-refractivity contribution in [1.29, 1.82) is 0 Å². The van der Waals surface area contributed by atoms with Crippen LogP contribution in [-0.2, 0) is 9.59 Å². The molecule has 7 nitrogen and oxygen atoms in total. The number of H-pyrrole nitrogens is 1. The lowest BCUT2D eigenvalue weighted by molar-refractivity contribution is -0.123. The zero-order chi connectivity index (χ0) is 19.5. The third kappa shape index (κ3) is 3.83. The molecule has 1 fully saturated rings. The molecule has 0 aliphatic carbocycles. The van der Waals surface area contributed by atoms with Gasteiger partial charge in [-0.15, -0.1) is 0 Å². The summed E-state index contributed by atoms with van der Waals surface area (Å²) in [6.45, 7) is 2.48. The van der Waals surface area contributed by atoms with E-state index in [1.165, 1.54) is 0 Å². The largest absolute Gasteiger partial charge is 0.484 e. The molecule has 1 saturated heterocycles. The molecule has 28 heavy (non-hydrogen) atoms. The van der Waals surface area contributed by atoms with Gasteiger partial charge in [-0.3, -0.25) is 9.59 Å². The number of para-hydroxylation sites is 2. The molecule has 1 aliphatic rings. The van der Waals surface area contributed by atoms with E-state index in [1.807, 2.05) is 43.3 Å². The number of imidazole rings is 1. The van der Waals surface area contributed by atoms with Gasteiger partial charge < -0.3 is 19.9 Å². The quantitative estimate of drug-likeness (QED) is 0.690. The molecule has 1 atom stereocenters. The van der Waals surface area contributed by atoms with Crippen LogP contribution in [-0.4, -0.2) is 34.9 Å². The van der Waals surface area contributed by atoms with Crippen LogP contribution in [0.2, 0.25) is 0 Å². The number of carbonyl (C=O) groups excluding carboxylic acids is 2. The molecule has 2 amide bonds. The van der Waals surface area contributed by atoms with Crippen LogP contribution in [0.1, 0.15) is 31.6 Å². The minimum Gasteiger partial charge on any atom is -0.484 e. The van der Waals surface area contributed by atoms with E-state index < -0.39 is 0 Å². The lowest BCUT2D eigenvalue weighted by Crippen LogP contribution is -2.31. The Morgan fingerprint density at radius 2 is 2.14 bits per heavy atom. The number of benzene rings is 2. The molecule has 4 rings (SSSR count). The van der Waals surface area contributed by atoms with Crippen molar-refractivity contribution >= 4 is 28.5 Å². The van der Waals surface area contributed by atoms with Gasteiger partial charge in [-0.2, -0.15) is 0 Å². The number of anilines is 1. The molecule has 0 radical (unpaired) electrons. The molecule has 2 aromatic carbocycles. The van der Waals surface area contributed by atoms with Crippen LogP contribution < -0.4 is 15.0 Å². The Morgan fingerprint density at radius 3 is 2.93 bits per heavy atom. The second-order valence-corrected chi connectivity index (χ2v) is 6.86. The minimum absolute atomic E-state index is 0.109. The van der Waals surface area contributed by atoms with E-state index in [0.717, 1.165) is 29.7 Å². The number of amides is 2. The van der Waals surface area contributed by atoms with Gasteiger partial charge >= 0.3 is 0 Å². The van der Waals surface area contributed by atoms with E-state index in [-0.39, 0.29) is 24.5 Å². The van der Waals surface area contributed by atoms with Crippen LogP contribution in [0.15, 0.2) is 48.5 Å². The molecule has 0 saturated carbocycles. The van der Waals surface area contributed by atoms with E-state index in [2.05, 4.69) is 15.3 Å². The summed E-state index contributed by atoms with van der Waals surface area (Å²) < 4.78 is 5.62. The van der Waals surface area contributed by atoms with E-state index >= 15 is 0 Å². The average molecular weight is 378 g/mol. The number of nitrogens with zero attached hydrogens (tertiary/aromatic N) is 2. The second kappa shape index (κ2) is 7.72. The molecule has 2 heterocycles. The molecule has 144 valence electrons. The van der Waals surface area contributed by atoms with Gasteiger partial charge in [0.1, 0.15) is 11.6 Å². The molecular formula is C21H22N4O3. The smallest absolute Gasteiger partial charge is 0.258 e. The lowest BCUT2D eigenvalue weighted by atomic mass is 10.3. The van der Waals surface area contributed by atoms with Crippen molar-refractivity contribution in [2.45, 2.75) is 25.8 Å². The maximum absolute atomic E-state index is 12.3. The zero-order valence-corrected chi connectivity index (χ0v) is 15.6. The van der Waals surface area contributed by atoms with Crippen LogP contribution in [0.3, 0.4) is 0 Å². The highest BCUT2D eigenvalue weighted by atomic mass is 16.5. The molecule has 0 spiro atoms. The van der Waals surface area contributed by atoms with Crippen molar-refractivity contribution in [2.24, 2.45) is 0 Å². The van der Waals surface area contributed by atoms with E-state index in [0.29, 0.717) is 18.0 Å². The van der Waals surface area contributed by atoms with Crippen LogP contribution in [0.5, 0.6) is 5.75 Å². The van der Waals surface area contributed by atoms with Gasteiger partial charge in [0.25, 0.3) is 5.91 Å². The van der Waals surface area contributed by atoms with Crippen LogP contribution in [0, 0.1) is 0 Å². The van der Waals surface area contributed by atoms with Gasteiger partial charge in [0.15, 0.2) is 6.61 Å². The van der Waals surface area contributed by atoms with E-state index in [9.17, 15) is 9.59 Å². The second-order valence-electron chi connectivity index (χ2n) is 6.86. The summed E-state index contributed by atoms with van der Waals surface area (Å²) in [5.41, 5.74) is 2.60. The Morgan fingerprint density at radius 1 is 1.29 bits per heavy atom. The van der Waals surface area contributed by atoms with Crippen molar-refractivity contribution in [3.8, 4) is 5.75 Å². The third-order valence-corrected chi connectivity index (χ3v) is 4.77. The molecule has 0 unspecified atom stereocenters. The summed E-state index contributed by atoms with van der Waals surface area (Å²) in [6.07, 6.45) is 1.44. The molecule has 7 heteroatoms. The summed E-state index contributed by atoms with van der Waals surface area (Å²) in [5, 5.41) is 2.88. The molecule has 0 bridgehead atoms. The number of nitrogens with one attached hydrogen (secondary N) is 2. The topological polar surface area (TPSA) is 87.3 Å². The lowest BCUT2D eigenvalue weighted by Gasteiger charge is -2.17. The number of rotatable bonds is 6. The van der Waals surface area contributed by atoms with Gasteiger partial charge in [-0.1, -0.05) is 18.2 Å². The van der Waals surface area contributed by atoms with Gasteiger partial charge in [0.2, 0.25) is 5.91 Å². The highest BCUT2D eigenvalue weighted by molar-refractivity contribution is 5.95. The molecule has 1 aliphatic heterocycles. The minimum atomic E-state index is -0.267. The Balaban J connectivity index is 1.34. The van der Waals surface area contributed by atoms with Crippen molar-refractivity contribution in [3.05, 3.63) is 54.4 Å². The maximum Gasteiger partial charge on any atom is 0.258 e. The summed E-state index contributed by atoms with van der Waals surface area (Å²) in [6, 6.07) is 14.7. The SMILES string of the molecule is C[C@H](NC(=O)COc1cccc(N2CCCC2=O)c1)c1nc2ccccc2[nH]1. The monoisotopic (exact) mass is 378 g/mol. The first-order valence-corrected chi connectivity index (χ1v) is 9.37. The number of ether oxygens (including phenoxy) is 1. The fourth-order valence-electron chi connectivity index (χ4n) is 3.34. The number of aromatic amines is 1. The normalized spacial score (nSPS) is 15.0. The number of fused-ring (bicyclic) bond motifs is 1. The number of carbonyl (C=O) groups is 2. The fraction of sp³-hybridized carbons (Fsp3) is 0.286. The predicted octanol–water partition coefficient (Wildman–Crippen LogP) is 2.95. The first kappa shape index (κ1) is 18.0. The van der Waals surface area contributed by atoms with Crippen molar-refractivity contribution in [3.63, 3.8) is 0 Å². The Labute approximate surface area is 162 Å². The Hall–Kier alpha value is -3.35. The number of aromatic nitrogens is 2. The van der Waals surface area contributed by atoms with Crippen LogP contribution >= 0.6 is 0 Å². The van der Waals surface area contributed by atoms with Gasteiger partial charge in [-0.05, 0) is 37.6 Å². The van der Waals surface area contributed by atoms with Crippen LogP contribution in [0.25, 0.3) is 11.0 Å².